The summed E-state index contributed by atoms with van der Waals surface area (Å²) < 4.78 is 3.98. The minimum Gasteiger partial charge on any atom is -0.374 e. The summed E-state index contributed by atoms with van der Waals surface area (Å²) in [7, 11) is 1.89. The minimum absolute atomic E-state index is 0.904. The normalized spacial score (nSPS) is 10.5. The Labute approximate surface area is 108 Å². The number of aromatic nitrogens is 3. The van der Waals surface area contributed by atoms with Crippen molar-refractivity contribution in [3.05, 3.63) is 16.8 Å². The average Bonchev–Trinajstić information content (AvgIpc) is 2.95. The number of rotatable bonds is 6. The number of nitrogens with one attached hydrogen (secondary N) is 2. The molecule has 0 spiro atoms. The van der Waals surface area contributed by atoms with Crippen molar-refractivity contribution in [1.29, 1.82) is 0 Å². The number of hydrogen-bond acceptors (Lipinski definition) is 7. The third kappa shape index (κ3) is 3.13. The molecule has 0 unspecified atom stereocenters. The summed E-state index contributed by atoms with van der Waals surface area (Å²) in [4.78, 5) is 5.52. The highest BCUT2D eigenvalue weighted by Gasteiger charge is 2.08. The van der Waals surface area contributed by atoms with Gasteiger partial charge >= 0.3 is 0 Å². The van der Waals surface area contributed by atoms with Crippen molar-refractivity contribution in [3.8, 4) is 0 Å². The second-order valence-corrected chi connectivity index (χ2v) is 5.33. The lowest BCUT2D eigenvalue weighted by atomic mass is 10.2. The molecular formula is C10H15N5S2. The Kier molecular flexibility index (Phi) is 4.27. The van der Waals surface area contributed by atoms with Crippen LogP contribution in [0.2, 0.25) is 0 Å². The second-order valence-electron chi connectivity index (χ2n) is 3.46. The molecule has 2 aromatic rings. The Morgan fingerprint density at radius 1 is 1.35 bits per heavy atom. The molecule has 0 saturated carbocycles. The molecule has 0 bridgehead atoms. The molecule has 0 aromatic carbocycles. The van der Waals surface area contributed by atoms with E-state index in [4.69, 9.17) is 0 Å². The van der Waals surface area contributed by atoms with Crippen LogP contribution in [0.25, 0.3) is 0 Å². The van der Waals surface area contributed by atoms with Crippen LogP contribution in [-0.4, -0.2) is 28.2 Å². The van der Waals surface area contributed by atoms with Crippen LogP contribution < -0.4 is 10.6 Å². The van der Waals surface area contributed by atoms with E-state index in [0.29, 0.717) is 0 Å². The zero-order valence-electron chi connectivity index (χ0n) is 9.86. The average molecular weight is 269 g/mol. The number of hydrogen-bond donors (Lipinski definition) is 2. The zero-order chi connectivity index (χ0) is 12.1. The second kappa shape index (κ2) is 5.92. The third-order valence-corrected chi connectivity index (χ3v) is 4.07. The Hall–Kier alpha value is -1.21. The maximum Gasteiger partial charge on any atom is 0.182 e. The van der Waals surface area contributed by atoms with Crippen LogP contribution >= 0.6 is 22.9 Å². The first-order valence-corrected chi connectivity index (χ1v) is 7.10. The smallest absolute Gasteiger partial charge is 0.182 e. The van der Waals surface area contributed by atoms with Crippen molar-refractivity contribution >= 4 is 33.0 Å². The van der Waals surface area contributed by atoms with Gasteiger partial charge in [0.05, 0.1) is 5.69 Å². The standard InChI is InChI=1S/C10H15N5S2/c1-3-12-9-8(14-15-17-9)5-4-7-6-13-10(11-2)16-7/h6,12H,3-5H2,1-2H3,(H,11,13). The first-order valence-electron chi connectivity index (χ1n) is 5.51. The Morgan fingerprint density at radius 3 is 2.94 bits per heavy atom. The molecule has 92 valence electrons. The monoisotopic (exact) mass is 269 g/mol. The van der Waals surface area contributed by atoms with Gasteiger partial charge in [-0.15, -0.1) is 16.4 Å². The summed E-state index contributed by atoms with van der Waals surface area (Å²) in [6.45, 7) is 2.98. The van der Waals surface area contributed by atoms with Gasteiger partial charge in [0.1, 0.15) is 5.00 Å². The molecule has 0 aliphatic carbocycles. The van der Waals surface area contributed by atoms with E-state index in [1.807, 2.05) is 13.2 Å². The van der Waals surface area contributed by atoms with Crippen LogP contribution in [0.4, 0.5) is 10.1 Å². The van der Waals surface area contributed by atoms with Crippen molar-refractivity contribution in [3.63, 3.8) is 0 Å². The van der Waals surface area contributed by atoms with Crippen molar-refractivity contribution in [1.82, 2.24) is 14.6 Å². The van der Waals surface area contributed by atoms with Gasteiger partial charge < -0.3 is 10.6 Å². The fourth-order valence-corrected chi connectivity index (χ4v) is 2.89. The maximum absolute atomic E-state index is 4.25. The van der Waals surface area contributed by atoms with E-state index in [-0.39, 0.29) is 0 Å². The molecule has 5 nitrogen and oxygen atoms in total. The van der Waals surface area contributed by atoms with Gasteiger partial charge in [-0.3, -0.25) is 0 Å². The number of aryl methyl sites for hydroxylation is 2. The van der Waals surface area contributed by atoms with Gasteiger partial charge in [-0.1, -0.05) is 4.49 Å². The minimum atomic E-state index is 0.904. The predicted octanol–water partition coefficient (Wildman–Crippen LogP) is 2.25. The van der Waals surface area contributed by atoms with Crippen LogP contribution in [0.1, 0.15) is 17.5 Å². The van der Waals surface area contributed by atoms with Gasteiger partial charge in [-0.25, -0.2) is 4.98 Å². The lowest BCUT2D eigenvalue weighted by molar-refractivity contribution is 0.906. The fourth-order valence-electron chi connectivity index (χ4n) is 1.45. The highest BCUT2D eigenvalue weighted by molar-refractivity contribution is 7.15. The number of nitrogens with zero attached hydrogens (tertiary/aromatic N) is 3. The van der Waals surface area contributed by atoms with Crippen LogP contribution in [0.3, 0.4) is 0 Å². The van der Waals surface area contributed by atoms with Crippen molar-refractivity contribution in [2.75, 3.05) is 24.2 Å². The molecule has 2 N–H and O–H groups in total. The largest absolute Gasteiger partial charge is 0.374 e. The van der Waals surface area contributed by atoms with Crippen molar-refractivity contribution in [2.24, 2.45) is 0 Å². The van der Waals surface area contributed by atoms with Gasteiger partial charge in [-0.05, 0) is 19.8 Å². The molecule has 0 atom stereocenters. The molecule has 17 heavy (non-hydrogen) atoms. The lowest BCUT2D eigenvalue weighted by Crippen LogP contribution is -1.99. The Bertz CT molecular complexity index is 465. The van der Waals surface area contributed by atoms with E-state index in [0.717, 1.165) is 35.2 Å². The molecule has 0 radical (unpaired) electrons. The first-order chi connectivity index (χ1) is 8.33. The van der Waals surface area contributed by atoms with E-state index >= 15 is 0 Å². The highest BCUT2D eigenvalue weighted by atomic mass is 32.1. The number of thiazole rings is 1. The first kappa shape index (κ1) is 12.3. The van der Waals surface area contributed by atoms with Crippen LogP contribution in [0, 0.1) is 0 Å². The summed E-state index contributed by atoms with van der Waals surface area (Å²) in [5.74, 6) is 0. The molecule has 2 aromatic heterocycles. The van der Waals surface area contributed by atoms with Gasteiger partial charge in [0, 0.05) is 36.2 Å². The zero-order valence-corrected chi connectivity index (χ0v) is 11.5. The molecule has 0 fully saturated rings. The highest BCUT2D eigenvalue weighted by Crippen LogP contribution is 2.22. The fraction of sp³-hybridized carbons (Fsp3) is 0.500. The molecule has 0 saturated heterocycles. The summed E-state index contributed by atoms with van der Waals surface area (Å²) in [6, 6.07) is 0. The van der Waals surface area contributed by atoms with E-state index < -0.39 is 0 Å². The lowest BCUT2D eigenvalue weighted by Gasteiger charge is -2.00. The third-order valence-electron chi connectivity index (χ3n) is 2.27. The van der Waals surface area contributed by atoms with E-state index in [1.165, 1.54) is 16.4 Å². The van der Waals surface area contributed by atoms with Crippen LogP contribution in [-0.2, 0) is 12.8 Å². The summed E-state index contributed by atoms with van der Waals surface area (Å²) >= 11 is 3.11. The molecule has 2 rings (SSSR count). The molecule has 0 aliphatic heterocycles. The summed E-state index contributed by atoms with van der Waals surface area (Å²) in [6.07, 6.45) is 3.79. The van der Waals surface area contributed by atoms with Gasteiger partial charge in [0.2, 0.25) is 0 Å². The molecular weight excluding hydrogens is 254 g/mol. The summed E-state index contributed by atoms with van der Waals surface area (Å²) in [5, 5.41) is 12.5. The van der Waals surface area contributed by atoms with E-state index in [9.17, 15) is 0 Å². The van der Waals surface area contributed by atoms with Crippen LogP contribution in [0.5, 0.6) is 0 Å². The van der Waals surface area contributed by atoms with Crippen molar-refractivity contribution < 1.29 is 0 Å². The van der Waals surface area contributed by atoms with Gasteiger partial charge in [0.25, 0.3) is 0 Å². The van der Waals surface area contributed by atoms with E-state index in [1.54, 1.807) is 11.3 Å². The SMILES string of the molecule is CCNc1snnc1CCc1cnc(NC)s1. The molecule has 0 amide bonds. The van der Waals surface area contributed by atoms with Crippen LogP contribution in [0.15, 0.2) is 6.20 Å². The Morgan fingerprint density at radius 2 is 2.24 bits per heavy atom. The Balaban J connectivity index is 1.94. The molecule has 2 heterocycles. The van der Waals surface area contributed by atoms with Crippen molar-refractivity contribution in [2.45, 2.75) is 19.8 Å². The molecule has 0 aliphatic rings. The quantitative estimate of drug-likeness (QED) is 0.842. The maximum atomic E-state index is 4.25. The van der Waals surface area contributed by atoms with Gasteiger partial charge in [0.15, 0.2) is 5.13 Å². The topological polar surface area (TPSA) is 62.7 Å². The molecule has 7 heteroatoms. The predicted molar refractivity (Wildman–Crippen MR) is 73.1 cm³/mol. The van der Waals surface area contributed by atoms with E-state index in [2.05, 4.69) is 32.1 Å². The summed E-state index contributed by atoms with van der Waals surface area (Å²) in [5.41, 5.74) is 1.05. The number of anilines is 2. The van der Waals surface area contributed by atoms with Gasteiger partial charge in [-0.2, -0.15) is 0 Å².